The Morgan fingerprint density at radius 3 is 1.32 bits per heavy atom. The number of hydrogen-bond donors (Lipinski definition) is 2. The fraction of sp³-hybridized carbons (Fsp3) is 0.333. The van der Waals surface area contributed by atoms with Crippen molar-refractivity contribution >= 4 is 23.9 Å². The van der Waals surface area contributed by atoms with Gasteiger partial charge < -0.3 is 29.2 Å². The third-order valence-electron chi connectivity index (χ3n) is 6.34. The maximum atomic E-state index is 13.3. The zero-order valence-electron chi connectivity index (χ0n) is 18.8. The minimum absolute atomic E-state index is 0.123. The average Bonchev–Trinajstić information content (AvgIpc) is 2.77. The molecule has 0 amide bonds. The molecule has 2 N–H and O–H groups in total. The second-order valence-corrected chi connectivity index (χ2v) is 8.12. The lowest BCUT2D eigenvalue weighted by atomic mass is 9.49. The summed E-state index contributed by atoms with van der Waals surface area (Å²) >= 11 is 0. The first-order valence-corrected chi connectivity index (χ1v) is 10.3. The highest BCUT2D eigenvalue weighted by Gasteiger charge is 2.74. The van der Waals surface area contributed by atoms with E-state index in [-0.39, 0.29) is 33.8 Å². The number of phenols is 2. The molecular weight excluding hydrogens is 448 g/mol. The Labute approximate surface area is 194 Å². The topological polar surface area (TPSA) is 146 Å². The van der Waals surface area contributed by atoms with E-state index in [2.05, 4.69) is 0 Å². The van der Waals surface area contributed by atoms with Crippen molar-refractivity contribution in [1.29, 1.82) is 0 Å². The molecule has 2 aromatic rings. The second-order valence-electron chi connectivity index (χ2n) is 8.12. The van der Waals surface area contributed by atoms with Crippen LogP contribution in [-0.4, -0.2) is 48.3 Å². The van der Waals surface area contributed by atoms with Crippen LogP contribution in [0.2, 0.25) is 0 Å². The van der Waals surface area contributed by atoms with E-state index in [9.17, 15) is 29.4 Å². The summed E-state index contributed by atoms with van der Waals surface area (Å²) in [6, 6.07) is 7.96. The van der Waals surface area contributed by atoms with Gasteiger partial charge in [0.25, 0.3) is 0 Å². The molecule has 34 heavy (non-hydrogen) atoms. The number of carbonyl (C=O) groups is 4. The van der Waals surface area contributed by atoms with Gasteiger partial charge in [0.1, 0.15) is 23.3 Å². The minimum Gasteiger partial charge on any atom is -0.508 e. The van der Waals surface area contributed by atoms with Crippen LogP contribution in [0, 0.1) is 11.8 Å². The highest BCUT2D eigenvalue weighted by atomic mass is 16.6. The van der Waals surface area contributed by atoms with E-state index in [4.69, 9.17) is 18.9 Å². The molecule has 4 atom stereocenters. The number of phenolic OH excluding ortho intramolecular Hbond substituents is 2. The lowest BCUT2D eigenvalue weighted by molar-refractivity contribution is -0.210. The maximum absolute atomic E-state index is 13.3. The standard InChI is InChI=1S/C24H22O10/c1-11(25)33-23-15-7-5-14(28)10-18(15)24(34-12(2)26,16-8-6-13(27)9-17(16)23)20(22(30)32-4)19(23)21(29)31-3/h5-10,19-20,27-28H,1-4H3. The van der Waals surface area contributed by atoms with Gasteiger partial charge >= 0.3 is 23.9 Å². The molecule has 2 bridgehead atoms. The lowest BCUT2D eigenvalue weighted by Crippen LogP contribution is -2.66. The normalized spacial score (nSPS) is 26.0. The average molecular weight is 470 g/mol. The quantitative estimate of drug-likeness (QED) is 0.499. The van der Waals surface area contributed by atoms with Crippen molar-refractivity contribution in [3.05, 3.63) is 58.7 Å². The Hall–Kier alpha value is -4.08. The fourth-order valence-electron chi connectivity index (χ4n) is 5.41. The van der Waals surface area contributed by atoms with Crippen molar-refractivity contribution in [3.63, 3.8) is 0 Å². The number of aromatic hydroxyl groups is 2. The maximum Gasteiger partial charge on any atom is 0.314 e. The summed E-state index contributed by atoms with van der Waals surface area (Å²) in [6.45, 7) is 2.25. The summed E-state index contributed by atoms with van der Waals surface area (Å²) < 4.78 is 21.7. The highest BCUT2D eigenvalue weighted by molar-refractivity contribution is 5.91. The van der Waals surface area contributed by atoms with E-state index >= 15 is 0 Å². The molecule has 5 rings (SSSR count). The van der Waals surface area contributed by atoms with Crippen LogP contribution in [0.1, 0.15) is 36.1 Å². The van der Waals surface area contributed by atoms with E-state index in [0.717, 1.165) is 28.1 Å². The van der Waals surface area contributed by atoms with Crippen LogP contribution in [0.15, 0.2) is 36.4 Å². The number of fused-ring (bicyclic) bond motifs is 1. The Kier molecular flexibility index (Phi) is 5.27. The molecule has 0 saturated heterocycles. The molecule has 178 valence electrons. The van der Waals surface area contributed by atoms with Gasteiger partial charge in [-0.05, 0) is 24.3 Å². The Morgan fingerprint density at radius 1 is 0.676 bits per heavy atom. The summed E-state index contributed by atoms with van der Waals surface area (Å²) in [4.78, 5) is 51.5. The molecule has 3 aliphatic rings. The molecule has 0 aromatic heterocycles. The first-order valence-electron chi connectivity index (χ1n) is 10.3. The second kappa shape index (κ2) is 7.75. The molecule has 0 radical (unpaired) electrons. The van der Waals surface area contributed by atoms with Crippen LogP contribution in [0.25, 0.3) is 0 Å². The first kappa shape index (κ1) is 23.1. The molecule has 3 aliphatic carbocycles. The van der Waals surface area contributed by atoms with Crippen LogP contribution in [-0.2, 0) is 49.3 Å². The number of esters is 4. The van der Waals surface area contributed by atoms with E-state index < -0.39 is 46.9 Å². The number of rotatable bonds is 4. The summed E-state index contributed by atoms with van der Waals surface area (Å²) in [5, 5.41) is 20.7. The predicted octanol–water partition coefficient (Wildman–Crippen LogP) is 1.62. The highest BCUT2D eigenvalue weighted by Crippen LogP contribution is 2.66. The molecule has 0 fully saturated rings. The lowest BCUT2D eigenvalue weighted by Gasteiger charge is -2.58. The molecule has 10 heteroatoms. The van der Waals surface area contributed by atoms with Crippen molar-refractivity contribution in [2.75, 3.05) is 14.2 Å². The summed E-state index contributed by atoms with van der Waals surface area (Å²) in [5.74, 6) is -7.08. The van der Waals surface area contributed by atoms with E-state index in [1.54, 1.807) is 0 Å². The smallest absolute Gasteiger partial charge is 0.314 e. The molecule has 0 saturated carbocycles. The molecule has 0 aliphatic heterocycles. The van der Waals surface area contributed by atoms with E-state index in [1.165, 1.54) is 36.4 Å². The van der Waals surface area contributed by atoms with Crippen molar-refractivity contribution < 1.29 is 48.3 Å². The van der Waals surface area contributed by atoms with Gasteiger partial charge in [-0.25, -0.2) is 0 Å². The van der Waals surface area contributed by atoms with Crippen molar-refractivity contribution in [1.82, 2.24) is 0 Å². The van der Waals surface area contributed by atoms with Crippen molar-refractivity contribution in [2.45, 2.75) is 25.0 Å². The zero-order chi connectivity index (χ0) is 25.0. The SMILES string of the molecule is COC(=O)C1C(C(=O)OC)C2(OC(C)=O)c3ccc(O)cc3C1(OC(C)=O)c1ccc(O)cc12. The Morgan fingerprint density at radius 2 is 1.03 bits per heavy atom. The Balaban J connectivity index is 2.29. The van der Waals surface area contributed by atoms with E-state index in [1.807, 2.05) is 0 Å². The molecule has 4 unspecified atom stereocenters. The van der Waals surface area contributed by atoms with Crippen LogP contribution >= 0.6 is 0 Å². The third-order valence-corrected chi connectivity index (χ3v) is 6.34. The van der Waals surface area contributed by atoms with Gasteiger partial charge in [0.2, 0.25) is 0 Å². The summed E-state index contributed by atoms with van der Waals surface area (Å²) in [7, 11) is 2.19. The monoisotopic (exact) mass is 470 g/mol. The zero-order valence-corrected chi connectivity index (χ0v) is 18.8. The van der Waals surface area contributed by atoms with Gasteiger partial charge in [-0.15, -0.1) is 0 Å². The number of methoxy groups -OCH3 is 2. The molecule has 10 nitrogen and oxygen atoms in total. The number of ether oxygens (including phenoxy) is 4. The van der Waals surface area contributed by atoms with E-state index in [0.29, 0.717) is 0 Å². The molecule has 0 spiro atoms. The van der Waals surface area contributed by atoms with Crippen LogP contribution in [0.4, 0.5) is 0 Å². The largest absolute Gasteiger partial charge is 0.508 e. The third kappa shape index (κ3) is 2.87. The van der Waals surface area contributed by atoms with Gasteiger partial charge in [-0.2, -0.15) is 0 Å². The summed E-state index contributed by atoms with van der Waals surface area (Å²) in [6.07, 6.45) is 0. The predicted molar refractivity (Wildman–Crippen MR) is 112 cm³/mol. The number of hydrogen-bond acceptors (Lipinski definition) is 10. The Bertz CT molecular complexity index is 1140. The summed E-state index contributed by atoms with van der Waals surface area (Å²) in [5.41, 5.74) is -3.35. The van der Waals surface area contributed by atoms with Crippen LogP contribution < -0.4 is 0 Å². The van der Waals surface area contributed by atoms with Gasteiger partial charge in [-0.1, -0.05) is 12.1 Å². The van der Waals surface area contributed by atoms with Crippen molar-refractivity contribution in [2.24, 2.45) is 11.8 Å². The molecule has 2 aromatic carbocycles. The molecule has 0 heterocycles. The molecular formula is C24H22O10. The van der Waals surface area contributed by atoms with Crippen LogP contribution in [0.5, 0.6) is 11.5 Å². The minimum atomic E-state index is -1.98. The van der Waals surface area contributed by atoms with Gasteiger partial charge in [0.05, 0.1) is 14.2 Å². The van der Waals surface area contributed by atoms with Gasteiger partial charge in [0, 0.05) is 36.1 Å². The van der Waals surface area contributed by atoms with Gasteiger partial charge in [-0.3, -0.25) is 19.2 Å². The number of carbonyl (C=O) groups excluding carboxylic acids is 4. The van der Waals surface area contributed by atoms with Gasteiger partial charge in [0.15, 0.2) is 11.2 Å². The van der Waals surface area contributed by atoms with Crippen LogP contribution in [0.3, 0.4) is 0 Å². The number of benzene rings is 2. The van der Waals surface area contributed by atoms with Crippen molar-refractivity contribution in [3.8, 4) is 11.5 Å². The first-order chi connectivity index (χ1) is 16.0. The fourth-order valence-corrected chi connectivity index (χ4v) is 5.41.